The molecule has 0 aliphatic rings. The van der Waals surface area contributed by atoms with Gasteiger partial charge in [-0.2, -0.15) is 0 Å². The Morgan fingerprint density at radius 1 is 1.00 bits per heavy atom. The van der Waals surface area contributed by atoms with E-state index < -0.39 is 0 Å². The van der Waals surface area contributed by atoms with Crippen LogP contribution in [0, 0.1) is 0 Å². The zero-order valence-corrected chi connectivity index (χ0v) is 10.4. The summed E-state index contributed by atoms with van der Waals surface area (Å²) in [4.78, 5) is 12.6. The minimum Gasteiger partial charge on any atom is -0.508 e. The van der Waals surface area contributed by atoms with Gasteiger partial charge in [-0.25, -0.2) is 0 Å². The van der Waals surface area contributed by atoms with Crippen molar-refractivity contribution >= 4 is 23.0 Å². The molecule has 0 aliphatic heterocycles. The Labute approximate surface area is 110 Å². The molecule has 90 valence electrons. The average Bonchev–Trinajstić information content (AvgIpc) is 2.39. The number of carbonyl (C=O) groups excluding carboxylic acids is 1. The summed E-state index contributed by atoms with van der Waals surface area (Å²) in [7, 11) is 0. The second-order valence-corrected chi connectivity index (χ2v) is 4.74. The molecule has 0 saturated heterocycles. The van der Waals surface area contributed by atoms with Gasteiger partial charge in [0.25, 0.3) is 0 Å². The summed E-state index contributed by atoms with van der Waals surface area (Å²) in [5, 5.41) is 9.11. The minimum absolute atomic E-state index is 0.0192. The van der Waals surface area contributed by atoms with Crippen LogP contribution in [0.15, 0.2) is 65.6 Å². The van der Waals surface area contributed by atoms with Crippen LogP contribution in [-0.4, -0.2) is 10.2 Å². The molecular weight excluding hydrogens is 244 g/mol. The van der Waals surface area contributed by atoms with Gasteiger partial charge in [-0.1, -0.05) is 36.4 Å². The quantitative estimate of drug-likeness (QED) is 0.671. The van der Waals surface area contributed by atoms with Crippen LogP contribution < -0.4 is 0 Å². The van der Waals surface area contributed by atoms with Crippen LogP contribution in [0.25, 0.3) is 6.08 Å². The van der Waals surface area contributed by atoms with Crippen molar-refractivity contribution in [2.45, 2.75) is 4.90 Å². The predicted molar refractivity (Wildman–Crippen MR) is 74.4 cm³/mol. The summed E-state index contributed by atoms with van der Waals surface area (Å²) >= 11 is 1.19. The molecule has 2 aromatic rings. The maximum atomic E-state index is 11.7. The monoisotopic (exact) mass is 256 g/mol. The number of carbonyl (C=O) groups is 1. The van der Waals surface area contributed by atoms with E-state index in [1.165, 1.54) is 17.8 Å². The summed E-state index contributed by atoms with van der Waals surface area (Å²) in [6.45, 7) is 0. The number of benzene rings is 2. The lowest BCUT2D eigenvalue weighted by Gasteiger charge is -1.96. The SMILES string of the molecule is O=C(C=Cc1ccc(O)cc1)Sc1ccccc1. The lowest BCUT2D eigenvalue weighted by molar-refractivity contribution is -0.106. The third-order valence-corrected chi connectivity index (χ3v) is 3.11. The van der Waals surface area contributed by atoms with Gasteiger partial charge in [-0.3, -0.25) is 4.79 Å². The average molecular weight is 256 g/mol. The Balaban J connectivity index is 1.97. The molecule has 0 aromatic heterocycles. The molecule has 0 radical (unpaired) electrons. The van der Waals surface area contributed by atoms with Crippen LogP contribution in [0.5, 0.6) is 5.75 Å². The molecule has 0 unspecified atom stereocenters. The molecule has 0 saturated carbocycles. The third kappa shape index (κ3) is 3.79. The second-order valence-electron chi connectivity index (χ2n) is 3.66. The molecule has 1 N–H and O–H groups in total. The fourth-order valence-corrected chi connectivity index (χ4v) is 2.05. The van der Waals surface area contributed by atoms with Crippen molar-refractivity contribution < 1.29 is 9.90 Å². The van der Waals surface area contributed by atoms with Crippen molar-refractivity contribution in [3.63, 3.8) is 0 Å². The van der Waals surface area contributed by atoms with Gasteiger partial charge >= 0.3 is 0 Å². The van der Waals surface area contributed by atoms with E-state index in [9.17, 15) is 4.79 Å². The van der Waals surface area contributed by atoms with E-state index in [-0.39, 0.29) is 10.9 Å². The number of phenols is 1. The van der Waals surface area contributed by atoms with E-state index in [0.29, 0.717) is 0 Å². The van der Waals surface area contributed by atoms with Crippen LogP contribution in [0.3, 0.4) is 0 Å². The first-order valence-corrected chi connectivity index (χ1v) is 6.30. The van der Waals surface area contributed by atoms with Crippen molar-refractivity contribution in [2.24, 2.45) is 0 Å². The van der Waals surface area contributed by atoms with Gasteiger partial charge in [0.05, 0.1) is 0 Å². The molecule has 3 heteroatoms. The highest BCUT2D eigenvalue weighted by Crippen LogP contribution is 2.19. The third-order valence-electron chi connectivity index (χ3n) is 2.27. The summed E-state index contributed by atoms with van der Waals surface area (Å²) in [6.07, 6.45) is 3.27. The number of aromatic hydroxyl groups is 1. The van der Waals surface area contributed by atoms with Crippen LogP contribution in [0.2, 0.25) is 0 Å². The summed E-state index contributed by atoms with van der Waals surface area (Å²) in [6, 6.07) is 16.2. The lowest BCUT2D eigenvalue weighted by Crippen LogP contribution is -1.84. The first-order chi connectivity index (χ1) is 8.74. The van der Waals surface area contributed by atoms with Crippen LogP contribution in [0.1, 0.15) is 5.56 Å². The smallest absolute Gasteiger partial charge is 0.216 e. The van der Waals surface area contributed by atoms with Crippen molar-refractivity contribution in [2.75, 3.05) is 0 Å². The van der Waals surface area contributed by atoms with E-state index in [4.69, 9.17) is 5.11 Å². The van der Waals surface area contributed by atoms with Gasteiger partial charge in [0, 0.05) is 4.90 Å². The standard InChI is InChI=1S/C15H12O2S/c16-13-9-6-12(7-10-13)8-11-15(17)18-14-4-2-1-3-5-14/h1-11,16H. The molecule has 0 aliphatic carbocycles. The van der Waals surface area contributed by atoms with Gasteiger partial charge in [0.2, 0.25) is 5.12 Å². The molecule has 0 amide bonds. The maximum absolute atomic E-state index is 11.7. The highest BCUT2D eigenvalue weighted by molar-refractivity contribution is 8.14. The lowest BCUT2D eigenvalue weighted by atomic mass is 10.2. The molecule has 0 atom stereocenters. The van der Waals surface area contributed by atoms with Crippen LogP contribution in [-0.2, 0) is 4.79 Å². The van der Waals surface area contributed by atoms with E-state index >= 15 is 0 Å². The summed E-state index contributed by atoms with van der Waals surface area (Å²) in [5.74, 6) is 0.220. The van der Waals surface area contributed by atoms with Crippen molar-refractivity contribution in [1.82, 2.24) is 0 Å². The Hall–Kier alpha value is -2.00. The Kier molecular flexibility index (Phi) is 4.20. The van der Waals surface area contributed by atoms with Crippen LogP contribution in [0.4, 0.5) is 0 Å². The molecule has 0 spiro atoms. The molecule has 0 heterocycles. The van der Waals surface area contributed by atoms with E-state index in [0.717, 1.165) is 10.5 Å². The van der Waals surface area contributed by atoms with Crippen LogP contribution >= 0.6 is 11.8 Å². The van der Waals surface area contributed by atoms with Gasteiger partial charge in [0.15, 0.2) is 0 Å². The van der Waals surface area contributed by atoms with E-state index in [1.807, 2.05) is 30.3 Å². The Morgan fingerprint density at radius 2 is 1.67 bits per heavy atom. The molecule has 2 aromatic carbocycles. The summed E-state index contributed by atoms with van der Waals surface area (Å²) < 4.78 is 0. The number of thioether (sulfide) groups is 1. The highest BCUT2D eigenvalue weighted by atomic mass is 32.2. The summed E-state index contributed by atoms with van der Waals surface area (Å²) in [5.41, 5.74) is 0.884. The zero-order valence-electron chi connectivity index (χ0n) is 9.61. The Morgan fingerprint density at radius 3 is 2.33 bits per heavy atom. The van der Waals surface area contributed by atoms with Crippen molar-refractivity contribution in [3.8, 4) is 5.75 Å². The minimum atomic E-state index is -0.0192. The second kappa shape index (κ2) is 6.07. The van der Waals surface area contributed by atoms with E-state index in [2.05, 4.69) is 0 Å². The zero-order chi connectivity index (χ0) is 12.8. The highest BCUT2D eigenvalue weighted by Gasteiger charge is 1.99. The molecule has 0 fully saturated rings. The molecular formula is C15H12O2S. The molecule has 2 nitrogen and oxygen atoms in total. The van der Waals surface area contributed by atoms with Gasteiger partial charge in [0.1, 0.15) is 5.75 Å². The number of phenolic OH excluding ortho intramolecular Hbond substituents is 1. The maximum Gasteiger partial charge on any atom is 0.216 e. The van der Waals surface area contributed by atoms with Gasteiger partial charge in [-0.15, -0.1) is 0 Å². The number of rotatable bonds is 3. The number of hydrogen-bond acceptors (Lipinski definition) is 3. The molecule has 0 bridgehead atoms. The van der Waals surface area contributed by atoms with Gasteiger partial charge < -0.3 is 5.11 Å². The fourth-order valence-electron chi connectivity index (χ4n) is 1.39. The van der Waals surface area contributed by atoms with Crippen molar-refractivity contribution in [1.29, 1.82) is 0 Å². The normalized spacial score (nSPS) is 10.7. The first kappa shape index (κ1) is 12.5. The molecule has 18 heavy (non-hydrogen) atoms. The molecule has 2 rings (SSSR count). The predicted octanol–water partition coefficient (Wildman–Crippen LogP) is 3.72. The Bertz CT molecular complexity index is 544. The fraction of sp³-hybridized carbons (Fsp3) is 0. The first-order valence-electron chi connectivity index (χ1n) is 5.48. The van der Waals surface area contributed by atoms with E-state index in [1.54, 1.807) is 30.3 Å². The topological polar surface area (TPSA) is 37.3 Å². The van der Waals surface area contributed by atoms with Gasteiger partial charge in [-0.05, 0) is 47.7 Å². The largest absolute Gasteiger partial charge is 0.508 e. The van der Waals surface area contributed by atoms with Crippen molar-refractivity contribution in [3.05, 3.63) is 66.2 Å². The number of hydrogen-bond donors (Lipinski definition) is 1.